The molecule has 0 aliphatic carbocycles. The third-order valence-electron chi connectivity index (χ3n) is 4.23. The van der Waals surface area contributed by atoms with Crippen molar-refractivity contribution in [3.63, 3.8) is 0 Å². The second-order valence-corrected chi connectivity index (χ2v) is 6.61. The van der Waals surface area contributed by atoms with Gasteiger partial charge in [0, 0.05) is 29.5 Å². The molecule has 1 fully saturated rings. The van der Waals surface area contributed by atoms with Crippen molar-refractivity contribution < 1.29 is 9.59 Å². The minimum Gasteiger partial charge on any atom is -0.324 e. The largest absolute Gasteiger partial charge is 0.325 e. The van der Waals surface area contributed by atoms with Gasteiger partial charge in [0.05, 0.1) is 0 Å². The van der Waals surface area contributed by atoms with Crippen molar-refractivity contribution in [3.05, 3.63) is 58.6 Å². The predicted octanol–water partition coefficient (Wildman–Crippen LogP) is 3.84. The summed E-state index contributed by atoms with van der Waals surface area (Å²) in [5, 5.41) is 3.38. The first kappa shape index (κ1) is 17.3. The van der Waals surface area contributed by atoms with E-state index in [0.717, 1.165) is 16.8 Å². The molecule has 6 heteroatoms. The van der Waals surface area contributed by atoms with Gasteiger partial charge in [0.1, 0.15) is 6.54 Å². The summed E-state index contributed by atoms with van der Waals surface area (Å²) in [5.74, 6) is -0.237. The fourth-order valence-electron chi connectivity index (χ4n) is 2.74. The normalized spacial score (nSPS) is 14.1. The lowest BCUT2D eigenvalue weighted by Gasteiger charge is -2.18. The molecular formula is C19H20ClN3O2. The Balaban J connectivity index is 1.61. The Morgan fingerprint density at radius 2 is 1.84 bits per heavy atom. The summed E-state index contributed by atoms with van der Waals surface area (Å²) in [6.07, 6.45) is 0. The first-order valence-corrected chi connectivity index (χ1v) is 8.51. The van der Waals surface area contributed by atoms with E-state index in [1.807, 2.05) is 44.2 Å². The first-order chi connectivity index (χ1) is 11.9. The van der Waals surface area contributed by atoms with Crippen molar-refractivity contribution >= 4 is 34.9 Å². The van der Waals surface area contributed by atoms with Gasteiger partial charge in [-0.15, -0.1) is 0 Å². The summed E-state index contributed by atoms with van der Waals surface area (Å²) < 4.78 is 0. The summed E-state index contributed by atoms with van der Waals surface area (Å²) in [7, 11) is 0. The van der Waals surface area contributed by atoms with E-state index in [-0.39, 0.29) is 18.5 Å². The highest BCUT2D eigenvalue weighted by atomic mass is 35.5. The number of rotatable bonds is 4. The molecule has 3 amide bonds. The van der Waals surface area contributed by atoms with Crippen LogP contribution in [0.1, 0.15) is 11.1 Å². The van der Waals surface area contributed by atoms with Crippen LogP contribution < -0.4 is 10.2 Å². The van der Waals surface area contributed by atoms with Crippen LogP contribution in [0.15, 0.2) is 42.5 Å². The van der Waals surface area contributed by atoms with Gasteiger partial charge < -0.3 is 10.2 Å². The number of benzene rings is 2. The van der Waals surface area contributed by atoms with Gasteiger partial charge in [0.2, 0.25) is 5.91 Å². The number of hydrogen-bond acceptors (Lipinski definition) is 2. The average Bonchev–Trinajstić information content (AvgIpc) is 2.93. The molecule has 1 N–H and O–H groups in total. The number of nitrogens with zero attached hydrogens (tertiary/aromatic N) is 2. The summed E-state index contributed by atoms with van der Waals surface area (Å²) in [4.78, 5) is 28.0. The van der Waals surface area contributed by atoms with Gasteiger partial charge in [-0.1, -0.05) is 35.4 Å². The monoisotopic (exact) mass is 357 g/mol. The SMILES string of the molecule is Cc1ccc(N2CCN(CC(=O)Nc3ccc(C)c(Cl)c3)C2=O)cc1. The topological polar surface area (TPSA) is 52.6 Å². The minimum atomic E-state index is -0.237. The molecule has 25 heavy (non-hydrogen) atoms. The van der Waals surface area contributed by atoms with Gasteiger partial charge in [0.25, 0.3) is 0 Å². The molecule has 5 nitrogen and oxygen atoms in total. The fraction of sp³-hybridized carbons (Fsp3) is 0.263. The Labute approximate surface area is 152 Å². The Bertz CT molecular complexity index is 805. The molecule has 0 aromatic heterocycles. The van der Waals surface area contributed by atoms with Gasteiger partial charge in [-0.3, -0.25) is 9.69 Å². The standard InChI is InChI=1S/C19H20ClN3O2/c1-13-3-7-16(8-4-13)23-10-9-22(19(23)25)12-18(24)21-15-6-5-14(2)17(20)11-15/h3-8,11H,9-10,12H2,1-2H3,(H,21,24). The van der Waals surface area contributed by atoms with E-state index in [9.17, 15) is 9.59 Å². The number of carbonyl (C=O) groups excluding carboxylic acids is 2. The number of carbonyl (C=O) groups is 2. The lowest BCUT2D eigenvalue weighted by molar-refractivity contribution is -0.116. The van der Waals surface area contributed by atoms with Crippen molar-refractivity contribution in [2.75, 3.05) is 29.9 Å². The molecule has 0 atom stereocenters. The summed E-state index contributed by atoms with van der Waals surface area (Å²) in [6, 6.07) is 13.0. The van der Waals surface area contributed by atoms with Crippen LogP contribution in [0, 0.1) is 13.8 Å². The molecule has 2 aromatic carbocycles. The zero-order chi connectivity index (χ0) is 18.0. The maximum absolute atomic E-state index is 12.5. The molecule has 1 saturated heterocycles. The lowest BCUT2D eigenvalue weighted by atomic mass is 10.2. The molecule has 2 aromatic rings. The van der Waals surface area contributed by atoms with E-state index in [1.54, 1.807) is 21.9 Å². The molecule has 0 spiro atoms. The van der Waals surface area contributed by atoms with Gasteiger partial charge in [-0.05, 0) is 43.7 Å². The van der Waals surface area contributed by atoms with Crippen molar-refractivity contribution in [1.82, 2.24) is 4.90 Å². The highest BCUT2D eigenvalue weighted by molar-refractivity contribution is 6.31. The molecular weight excluding hydrogens is 338 g/mol. The lowest BCUT2D eigenvalue weighted by Crippen LogP contribution is -2.37. The zero-order valence-corrected chi connectivity index (χ0v) is 15.0. The van der Waals surface area contributed by atoms with E-state index < -0.39 is 0 Å². The van der Waals surface area contributed by atoms with Gasteiger partial charge in [-0.25, -0.2) is 4.79 Å². The third-order valence-corrected chi connectivity index (χ3v) is 4.64. The maximum Gasteiger partial charge on any atom is 0.325 e. The molecule has 1 aliphatic heterocycles. The van der Waals surface area contributed by atoms with Crippen LogP contribution in [0.5, 0.6) is 0 Å². The summed E-state index contributed by atoms with van der Waals surface area (Å²) in [6.45, 7) is 5.02. The molecule has 130 valence electrons. The molecule has 1 aliphatic rings. The number of anilines is 2. The van der Waals surface area contributed by atoms with Crippen LogP contribution in [0.3, 0.4) is 0 Å². The number of hydrogen-bond donors (Lipinski definition) is 1. The minimum absolute atomic E-state index is 0.0205. The van der Waals surface area contributed by atoms with Crippen LogP contribution in [-0.2, 0) is 4.79 Å². The van der Waals surface area contributed by atoms with Crippen molar-refractivity contribution in [3.8, 4) is 0 Å². The van der Waals surface area contributed by atoms with Crippen LogP contribution in [-0.4, -0.2) is 36.5 Å². The molecule has 3 rings (SSSR count). The number of nitrogens with one attached hydrogen (secondary N) is 1. The molecule has 0 radical (unpaired) electrons. The Hall–Kier alpha value is -2.53. The van der Waals surface area contributed by atoms with Crippen molar-refractivity contribution in [2.24, 2.45) is 0 Å². The Morgan fingerprint density at radius 1 is 1.12 bits per heavy atom. The predicted molar refractivity (Wildman–Crippen MR) is 100 cm³/mol. The van der Waals surface area contributed by atoms with Crippen LogP contribution >= 0.6 is 11.6 Å². The van der Waals surface area contributed by atoms with E-state index in [4.69, 9.17) is 11.6 Å². The number of urea groups is 1. The second kappa shape index (κ2) is 7.15. The second-order valence-electron chi connectivity index (χ2n) is 6.20. The summed E-state index contributed by atoms with van der Waals surface area (Å²) >= 11 is 6.07. The van der Waals surface area contributed by atoms with E-state index in [0.29, 0.717) is 23.8 Å². The van der Waals surface area contributed by atoms with Gasteiger partial charge in [-0.2, -0.15) is 0 Å². The Kier molecular flexibility index (Phi) is 4.95. The van der Waals surface area contributed by atoms with Gasteiger partial charge >= 0.3 is 6.03 Å². The fourth-order valence-corrected chi connectivity index (χ4v) is 2.92. The van der Waals surface area contributed by atoms with Crippen molar-refractivity contribution in [2.45, 2.75) is 13.8 Å². The van der Waals surface area contributed by atoms with Crippen LogP contribution in [0.4, 0.5) is 16.2 Å². The first-order valence-electron chi connectivity index (χ1n) is 8.13. The highest BCUT2D eigenvalue weighted by Crippen LogP contribution is 2.22. The molecule has 0 bridgehead atoms. The smallest absolute Gasteiger partial charge is 0.324 e. The maximum atomic E-state index is 12.5. The van der Waals surface area contributed by atoms with E-state index in [1.165, 1.54) is 0 Å². The molecule has 0 unspecified atom stereocenters. The Morgan fingerprint density at radius 3 is 2.52 bits per heavy atom. The van der Waals surface area contributed by atoms with Crippen molar-refractivity contribution in [1.29, 1.82) is 0 Å². The number of aryl methyl sites for hydroxylation is 2. The molecule has 1 heterocycles. The highest BCUT2D eigenvalue weighted by Gasteiger charge is 2.30. The molecule has 0 saturated carbocycles. The van der Waals surface area contributed by atoms with Gasteiger partial charge in [0.15, 0.2) is 0 Å². The van der Waals surface area contributed by atoms with Crippen LogP contribution in [0.2, 0.25) is 5.02 Å². The number of halogens is 1. The number of amides is 3. The quantitative estimate of drug-likeness (QED) is 0.903. The third kappa shape index (κ3) is 3.94. The zero-order valence-electron chi connectivity index (χ0n) is 14.3. The van der Waals surface area contributed by atoms with E-state index in [2.05, 4.69) is 5.32 Å². The summed E-state index contributed by atoms with van der Waals surface area (Å²) in [5.41, 5.74) is 3.57. The van der Waals surface area contributed by atoms with Crippen LogP contribution in [0.25, 0.3) is 0 Å². The average molecular weight is 358 g/mol. The van der Waals surface area contributed by atoms with E-state index >= 15 is 0 Å².